The molecule has 1 unspecified atom stereocenters. The lowest BCUT2D eigenvalue weighted by Crippen LogP contribution is -2.00. The van der Waals surface area contributed by atoms with E-state index in [9.17, 15) is 5.11 Å². The van der Waals surface area contributed by atoms with E-state index in [0.29, 0.717) is 0 Å². The third-order valence-corrected chi connectivity index (χ3v) is 3.11. The SMILES string of the molecule is [O]C(Br)C(Br)Br. The van der Waals surface area contributed by atoms with Gasteiger partial charge in [-0.05, 0) is 0 Å². The molecule has 1 atom stereocenters. The number of halogens is 3. The van der Waals surface area contributed by atoms with Gasteiger partial charge in [0.2, 0.25) is 0 Å². The summed E-state index contributed by atoms with van der Waals surface area (Å²) >= 11 is 8.78. The van der Waals surface area contributed by atoms with E-state index in [1.54, 1.807) is 0 Å². The fourth-order valence-electron chi connectivity index (χ4n) is 0. The molecule has 0 aromatic carbocycles. The van der Waals surface area contributed by atoms with Gasteiger partial charge in [-0.1, -0.05) is 47.8 Å². The topological polar surface area (TPSA) is 19.9 Å². The first-order valence-corrected chi connectivity index (χ1v) is 3.97. The van der Waals surface area contributed by atoms with Crippen molar-refractivity contribution in [2.75, 3.05) is 0 Å². The molecule has 0 spiro atoms. The number of hydrogen-bond acceptors (Lipinski definition) is 0. The molecule has 37 valence electrons. The summed E-state index contributed by atoms with van der Waals surface area (Å²) < 4.78 is -0.162. The second-order valence-corrected chi connectivity index (χ2v) is 4.79. The van der Waals surface area contributed by atoms with Crippen LogP contribution in [0.25, 0.3) is 0 Å². The van der Waals surface area contributed by atoms with Gasteiger partial charge in [0.1, 0.15) is 3.74 Å². The van der Waals surface area contributed by atoms with Crippen molar-refractivity contribution in [3.05, 3.63) is 0 Å². The molecule has 6 heavy (non-hydrogen) atoms. The molecule has 0 bridgehead atoms. The van der Waals surface area contributed by atoms with Crippen LogP contribution in [-0.4, -0.2) is 8.75 Å². The van der Waals surface area contributed by atoms with Crippen LogP contribution in [0.15, 0.2) is 0 Å². The summed E-state index contributed by atoms with van der Waals surface area (Å²) in [5.74, 6) is 0. The molecule has 0 aliphatic carbocycles. The molecule has 1 nitrogen and oxygen atoms in total. The molecule has 0 saturated carbocycles. The standard InChI is InChI=1S/C2H2Br3O/c3-1(4)2(5)6/h1-2H. The highest BCUT2D eigenvalue weighted by atomic mass is 79.9. The second-order valence-electron chi connectivity index (χ2n) is 0.686. The molecule has 1 radical (unpaired) electrons. The zero-order valence-corrected chi connectivity index (χ0v) is 7.45. The van der Waals surface area contributed by atoms with Crippen LogP contribution in [0, 0.1) is 0 Å². The highest BCUT2D eigenvalue weighted by Gasteiger charge is 2.07. The van der Waals surface area contributed by atoms with Crippen molar-refractivity contribution >= 4 is 47.8 Å². The van der Waals surface area contributed by atoms with Crippen LogP contribution in [0.4, 0.5) is 0 Å². The lowest BCUT2D eigenvalue weighted by atomic mass is 10.9. The van der Waals surface area contributed by atoms with E-state index in [0.717, 1.165) is 0 Å². The average molecular weight is 282 g/mol. The predicted octanol–water partition coefficient (Wildman–Crippen LogP) is 2.25. The third kappa shape index (κ3) is 3.59. The largest absolute Gasteiger partial charge is 0.218 e. The molecule has 0 saturated heterocycles. The maximum absolute atomic E-state index is 10.0. The van der Waals surface area contributed by atoms with Gasteiger partial charge in [-0.15, -0.1) is 0 Å². The Bertz CT molecular complexity index is 29.8. The fourth-order valence-corrected chi connectivity index (χ4v) is 0. The smallest absolute Gasteiger partial charge is 0.169 e. The summed E-state index contributed by atoms with van der Waals surface area (Å²) in [6.07, 6.45) is 0. The van der Waals surface area contributed by atoms with Crippen molar-refractivity contribution in [1.29, 1.82) is 0 Å². The van der Waals surface area contributed by atoms with Crippen LogP contribution in [0.5, 0.6) is 0 Å². The first-order chi connectivity index (χ1) is 2.64. The second kappa shape index (κ2) is 3.41. The van der Waals surface area contributed by atoms with Crippen molar-refractivity contribution in [2.45, 2.75) is 8.75 Å². The molecule has 4 heteroatoms. The fraction of sp³-hybridized carbons (Fsp3) is 1.00. The van der Waals surface area contributed by atoms with E-state index in [1.165, 1.54) is 0 Å². The molecule has 0 amide bonds. The normalized spacial score (nSPS) is 15.5. The van der Waals surface area contributed by atoms with E-state index in [4.69, 9.17) is 0 Å². The van der Waals surface area contributed by atoms with E-state index in [2.05, 4.69) is 47.8 Å². The van der Waals surface area contributed by atoms with Crippen LogP contribution in [0.3, 0.4) is 0 Å². The predicted molar refractivity (Wildman–Crippen MR) is 35.0 cm³/mol. The summed E-state index contributed by atoms with van der Waals surface area (Å²) in [5.41, 5.74) is 0. The van der Waals surface area contributed by atoms with E-state index >= 15 is 0 Å². The minimum atomic E-state index is -0.752. The maximum Gasteiger partial charge on any atom is 0.169 e. The molecular weight excluding hydrogens is 280 g/mol. The van der Waals surface area contributed by atoms with Gasteiger partial charge < -0.3 is 0 Å². The van der Waals surface area contributed by atoms with Gasteiger partial charge in [0.15, 0.2) is 5.01 Å². The first-order valence-electron chi connectivity index (χ1n) is 1.22. The Morgan fingerprint density at radius 2 is 1.33 bits per heavy atom. The molecule has 0 aromatic heterocycles. The summed E-state index contributed by atoms with van der Waals surface area (Å²) in [4.78, 5) is 0. The van der Waals surface area contributed by atoms with Crippen molar-refractivity contribution < 1.29 is 5.11 Å². The van der Waals surface area contributed by atoms with Gasteiger partial charge in [-0.25, -0.2) is 5.11 Å². The van der Waals surface area contributed by atoms with Crippen LogP contribution in [0.2, 0.25) is 0 Å². The molecule has 0 fully saturated rings. The molecule has 0 N–H and O–H groups in total. The van der Waals surface area contributed by atoms with Crippen LogP contribution >= 0.6 is 47.8 Å². The lowest BCUT2D eigenvalue weighted by Gasteiger charge is -1.95. The maximum atomic E-state index is 10.0. The van der Waals surface area contributed by atoms with Crippen LogP contribution < -0.4 is 0 Å². The van der Waals surface area contributed by atoms with Crippen LogP contribution in [0.1, 0.15) is 0 Å². The Morgan fingerprint density at radius 1 is 1.17 bits per heavy atom. The molecule has 0 aromatic rings. The number of hydrogen-bond donors (Lipinski definition) is 0. The van der Waals surface area contributed by atoms with Gasteiger partial charge in [-0.3, -0.25) is 0 Å². The Morgan fingerprint density at radius 3 is 1.33 bits per heavy atom. The quantitative estimate of drug-likeness (QED) is 0.657. The van der Waals surface area contributed by atoms with E-state index in [1.807, 2.05) is 0 Å². The van der Waals surface area contributed by atoms with E-state index < -0.39 is 5.01 Å². The van der Waals surface area contributed by atoms with Gasteiger partial charge in [0.25, 0.3) is 0 Å². The molecule has 0 rings (SSSR count). The van der Waals surface area contributed by atoms with Gasteiger partial charge in [0, 0.05) is 0 Å². The number of alkyl halides is 3. The van der Waals surface area contributed by atoms with Crippen molar-refractivity contribution in [1.82, 2.24) is 0 Å². The molecule has 0 aliphatic rings. The van der Waals surface area contributed by atoms with Gasteiger partial charge >= 0.3 is 0 Å². The Labute approximate surface area is 61.5 Å². The number of rotatable bonds is 1. The summed E-state index contributed by atoms with van der Waals surface area (Å²) in [5, 5.41) is 9.30. The van der Waals surface area contributed by atoms with Crippen LogP contribution in [-0.2, 0) is 5.11 Å². The van der Waals surface area contributed by atoms with Crippen molar-refractivity contribution in [2.24, 2.45) is 0 Å². The highest BCUT2D eigenvalue weighted by Crippen LogP contribution is 2.17. The van der Waals surface area contributed by atoms with E-state index in [-0.39, 0.29) is 3.74 Å². The van der Waals surface area contributed by atoms with Gasteiger partial charge in [-0.2, -0.15) is 0 Å². The molecule has 0 heterocycles. The zero-order chi connectivity index (χ0) is 5.15. The minimum absolute atomic E-state index is 0.162. The zero-order valence-electron chi connectivity index (χ0n) is 2.70. The minimum Gasteiger partial charge on any atom is -0.218 e. The van der Waals surface area contributed by atoms with Gasteiger partial charge in [0.05, 0.1) is 0 Å². The molecular formula is C2H2Br3O. The van der Waals surface area contributed by atoms with Crippen molar-refractivity contribution in [3.63, 3.8) is 0 Å². The third-order valence-electron chi connectivity index (χ3n) is 0.198. The Hall–Kier alpha value is 1.40. The van der Waals surface area contributed by atoms with Crippen molar-refractivity contribution in [3.8, 4) is 0 Å². The first kappa shape index (κ1) is 7.40. The Balaban J connectivity index is 2.99. The summed E-state index contributed by atoms with van der Waals surface area (Å²) in [6.45, 7) is 0. The summed E-state index contributed by atoms with van der Waals surface area (Å²) in [7, 11) is 0. The lowest BCUT2D eigenvalue weighted by molar-refractivity contribution is 0.187. The Kier molecular flexibility index (Phi) is 4.20. The molecule has 0 aliphatic heterocycles. The summed E-state index contributed by atoms with van der Waals surface area (Å²) in [6, 6.07) is 0. The highest BCUT2D eigenvalue weighted by molar-refractivity contribution is 9.25. The average Bonchev–Trinajstić information content (AvgIpc) is 1.36. The monoisotopic (exact) mass is 279 g/mol.